The fourth-order valence-corrected chi connectivity index (χ4v) is 3.00. The van der Waals surface area contributed by atoms with Crippen molar-refractivity contribution in [2.75, 3.05) is 6.61 Å². The number of carbonyl (C=O) groups is 1. The van der Waals surface area contributed by atoms with Gasteiger partial charge in [0.15, 0.2) is 5.78 Å². The summed E-state index contributed by atoms with van der Waals surface area (Å²) in [6.07, 6.45) is -0.192. The van der Waals surface area contributed by atoms with Gasteiger partial charge in [0.25, 0.3) is 0 Å². The molecule has 0 aliphatic carbocycles. The van der Waals surface area contributed by atoms with E-state index in [1.54, 1.807) is 6.92 Å². The molecule has 0 aliphatic heterocycles. The first-order valence-corrected chi connectivity index (χ1v) is 7.10. The highest BCUT2D eigenvalue weighted by molar-refractivity contribution is 7.13. The highest BCUT2D eigenvalue weighted by atomic mass is 32.1. The van der Waals surface area contributed by atoms with Gasteiger partial charge in [0.2, 0.25) is 0 Å². The van der Waals surface area contributed by atoms with Crippen LogP contribution in [-0.4, -0.2) is 17.4 Å². The molecule has 1 aromatic heterocycles. The Hall–Kier alpha value is -1.52. The lowest BCUT2D eigenvalue weighted by Crippen LogP contribution is -2.05. The summed E-state index contributed by atoms with van der Waals surface area (Å²) in [7, 11) is 0. The Labute approximate surface area is 117 Å². The summed E-state index contributed by atoms with van der Waals surface area (Å²) in [5.74, 6) is 0.0598. The molecule has 2 rings (SSSR count). The molecule has 0 radical (unpaired) electrons. The Morgan fingerprint density at radius 2 is 2.05 bits per heavy atom. The van der Waals surface area contributed by atoms with Gasteiger partial charge in [-0.15, -0.1) is 11.3 Å². The number of hydrogen-bond donors (Lipinski definition) is 0. The molecule has 0 spiro atoms. The van der Waals surface area contributed by atoms with Crippen molar-refractivity contribution in [3.05, 3.63) is 51.5 Å². The van der Waals surface area contributed by atoms with Crippen molar-refractivity contribution in [3.8, 4) is 0 Å². The number of nitrogens with zero attached hydrogens (tertiary/aromatic N) is 1. The molecule has 0 N–H and O–H groups in total. The van der Waals surface area contributed by atoms with Crippen molar-refractivity contribution in [1.29, 1.82) is 0 Å². The van der Waals surface area contributed by atoms with Gasteiger partial charge in [-0.2, -0.15) is 0 Å². The third kappa shape index (κ3) is 3.08. The number of benzene rings is 1. The van der Waals surface area contributed by atoms with E-state index in [1.807, 2.05) is 44.2 Å². The summed E-state index contributed by atoms with van der Waals surface area (Å²) in [6.45, 7) is 6.00. The first kappa shape index (κ1) is 13.9. The van der Waals surface area contributed by atoms with Crippen molar-refractivity contribution in [3.63, 3.8) is 0 Å². The number of carbonyl (C=O) groups excluding carboxylic acids is 1. The number of ether oxygens (including phenoxy) is 1. The summed E-state index contributed by atoms with van der Waals surface area (Å²) < 4.78 is 5.80. The summed E-state index contributed by atoms with van der Waals surface area (Å²) >= 11 is 1.42. The number of thiazole rings is 1. The quantitative estimate of drug-likeness (QED) is 0.779. The molecule has 1 unspecified atom stereocenters. The second-order valence-electron chi connectivity index (χ2n) is 4.27. The van der Waals surface area contributed by atoms with E-state index in [2.05, 4.69) is 4.98 Å². The minimum absolute atomic E-state index is 0.0598. The molecule has 3 nitrogen and oxygen atoms in total. The summed E-state index contributed by atoms with van der Waals surface area (Å²) in [6, 6.07) is 9.97. The van der Waals surface area contributed by atoms with Gasteiger partial charge in [-0.1, -0.05) is 30.3 Å². The summed E-state index contributed by atoms with van der Waals surface area (Å²) in [4.78, 5) is 16.7. The predicted molar refractivity (Wildman–Crippen MR) is 76.8 cm³/mol. The van der Waals surface area contributed by atoms with E-state index >= 15 is 0 Å². The Morgan fingerprint density at radius 1 is 1.37 bits per heavy atom. The maximum atomic E-state index is 11.5. The zero-order chi connectivity index (χ0) is 13.8. The zero-order valence-electron chi connectivity index (χ0n) is 11.3. The number of Topliss-reactive ketones (excluding diaryl/α,β-unsaturated/α-hetero) is 1. The fourth-order valence-electron chi connectivity index (χ4n) is 1.96. The number of hydrogen-bond acceptors (Lipinski definition) is 4. The molecule has 1 aromatic carbocycles. The van der Waals surface area contributed by atoms with E-state index in [4.69, 9.17) is 4.74 Å². The molecule has 1 heterocycles. The standard InChI is InChI=1S/C15H17NO2S/c1-4-18-13(12-8-6-5-7-9-12)15-16-10(2)14(19-15)11(3)17/h5-9,13H,4H2,1-3H3. The lowest BCUT2D eigenvalue weighted by atomic mass is 10.1. The van der Waals surface area contributed by atoms with E-state index < -0.39 is 0 Å². The average molecular weight is 275 g/mol. The second-order valence-corrected chi connectivity index (χ2v) is 5.30. The summed E-state index contributed by atoms with van der Waals surface area (Å²) in [5, 5.41) is 0.843. The van der Waals surface area contributed by atoms with Gasteiger partial charge >= 0.3 is 0 Å². The highest BCUT2D eigenvalue weighted by Crippen LogP contribution is 2.31. The van der Waals surface area contributed by atoms with Crippen molar-refractivity contribution < 1.29 is 9.53 Å². The van der Waals surface area contributed by atoms with Gasteiger partial charge in [-0.3, -0.25) is 4.79 Å². The number of aromatic nitrogens is 1. The first-order valence-electron chi connectivity index (χ1n) is 6.28. The Balaban J connectivity index is 2.40. The van der Waals surface area contributed by atoms with Crippen LogP contribution in [0.25, 0.3) is 0 Å². The van der Waals surface area contributed by atoms with Crippen LogP contribution in [0.3, 0.4) is 0 Å². The predicted octanol–water partition coefficient (Wildman–Crippen LogP) is 3.78. The SMILES string of the molecule is CCOC(c1ccccc1)c1nc(C)c(C(C)=O)s1. The van der Waals surface area contributed by atoms with Crippen LogP contribution in [0.5, 0.6) is 0 Å². The molecule has 0 fully saturated rings. The maximum Gasteiger partial charge on any atom is 0.171 e. The highest BCUT2D eigenvalue weighted by Gasteiger charge is 2.21. The molecule has 19 heavy (non-hydrogen) atoms. The molecule has 0 bridgehead atoms. The molecule has 100 valence electrons. The molecular weight excluding hydrogens is 258 g/mol. The van der Waals surface area contributed by atoms with E-state index in [1.165, 1.54) is 11.3 Å². The van der Waals surface area contributed by atoms with Crippen LogP contribution in [0, 0.1) is 6.92 Å². The van der Waals surface area contributed by atoms with E-state index in [-0.39, 0.29) is 11.9 Å². The van der Waals surface area contributed by atoms with Crippen molar-refractivity contribution in [1.82, 2.24) is 4.98 Å². The third-order valence-electron chi connectivity index (χ3n) is 2.79. The minimum atomic E-state index is -0.192. The third-order valence-corrected chi connectivity index (χ3v) is 4.09. The van der Waals surface area contributed by atoms with Crippen LogP contribution in [0.15, 0.2) is 30.3 Å². The van der Waals surface area contributed by atoms with E-state index in [0.717, 1.165) is 21.1 Å². The smallest absolute Gasteiger partial charge is 0.171 e. The normalized spacial score (nSPS) is 12.4. The van der Waals surface area contributed by atoms with Crippen LogP contribution in [-0.2, 0) is 4.74 Å². The van der Waals surface area contributed by atoms with Crippen LogP contribution < -0.4 is 0 Å². The van der Waals surface area contributed by atoms with Gasteiger partial charge in [0.05, 0.1) is 10.6 Å². The van der Waals surface area contributed by atoms with Crippen LogP contribution >= 0.6 is 11.3 Å². The van der Waals surface area contributed by atoms with Crippen LogP contribution in [0.2, 0.25) is 0 Å². The first-order chi connectivity index (χ1) is 9.13. The summed E-state index contributed by atoms with van der Waals surface area (Å²) in [5.41, 5.74) is 1.85. The van der Waals surface area contributed by atoms with E-state index in [9.17, 15) is 4.79 Å². The molecule has 1 atom stereocenters. The lowest BCUT2D eigenvalue weighted by molar-refractivity contribution is 0.0910. The van der Waals surface area contributed by atoms with Gasteiger partial charge in [0, 0.05) is 13.5 Å². The van der Waals surface area contributed by atoms with Crippen molar-refractivity contribution >= 4 is 17.1 Å². The second kappa shape index (κ2) is 6.08. The largest absolute Gasteiger partial charge is 0.367 e. The van der Waals surface area contributed by atoms with Crippen LogP contribution in [0.1, 0.15) is 45.9 Å². The number of aryl methyl sites for hydroxylation is 1. The minimum Gasteiger partial charge on any atom is -0.367 e. The number of rotatable bonds is 5. The lowest BCUT2D eigenvalue weighted by Gasteiger charge is -2.14. The molecule has 4 heteroatoms. The van der Waals surface area contributed by atoms with Gasteiger partial charge in [-0.25, -0.2) is 4.98 Å². The number of ketones is 1. The monoisotopic (exact) mass is 275 g/mol. The molecule has 0 amide bonds. The van der Waals surface area contributed by atoms with Gasteiger partial charge in [0.1, 0.15) is 11.1 Å². The zero-order valence-corrected chi connectivity index (χ0v) is 12.2. The molecule has 2 aromatic rings. The maximum absolute atomic E-state index is 11.5. The van der Waals surface area contributed by atoms with E-state index in [0.29, 0.717) is 6.61 Å². The van der Waals surface area contributed by atoms with Gasteiger partial charge in [-0.05, 0) is 19.4 Å². The van der Waals surface area contributed by atoms with Crippen LogP contribution in [0.4, 0.5) is 0 Å². The molecule has 0 saturated carbocycles. The molecule has 0 saturated heterocycles. The van der Waals surface area contributed by atoms with Crippen molar-refractivity contribution in [2.45, 2.75) is 26.9 Å². The topological polar surface area (TPSA) is 39.2 Å². The molecular formula is C15H17NO2S. The Kier molecular flexibility index (Phi) is 4.45. The molecule has 0 aliphatic rings. The fraction of sp³-hybridized carbons (Fsp3) is 0.333. The van der Waals surface area contributed by atoms with Gasteiger partial charge < -0.3 is 4.74 Å². The van der Waals surface area contributed by atoms with Crippen molar-refractivity contribution in [2.24, 2.45) is 0 Å². The Morgan fingerprint density at radius 3 is 2.58 bits per heavy atom. The Bertz CT molecular complexity index is 563. The average Bonchev–Trinajstić information content (AvgIpc) is 2.79.